The lowest BCUT2D eigenvalue weighted by atomic mass is 9.93. The first-order valence-electron chi connectivity index (χ1n) is 17.1. The number of amides is 2. The van der Waals surface area contributed by atoms with Gasteiger partial charge in [0.2, 0.25) is 5.91 Å². The molecule has 0 saturated carbocycles. The standard InChI is InChI=1S/C39H51N5O4/c1-39(2,3)44(38(46)47)33(25-28-14-16-29(17-15-28)30-18-20-32(21-19-30)41(4)5)26-36(45)42-22-9-11-31(27-42)37-40-34-12-7-8-13-35(34)43(37)23-10-24-48-6/h7-8,12-21,31,33H,9-11,22-27H2,1-6H3,(H,46,47)/t31-,33-/m1/s1. The van der Waals surface area contributed by atoms with E-state index in [-0.39, 0.29) is 18.2 Å². The minimum Gasteiger partial charge on any atom is -0.465 e. The van der Waals surface area contributed by atoms with Gasteiger partial charge in [0.15, 0.2) is 0 Å². The lowest BCUT2D eigenvalue weighted by molar-refractivity contribution is -0.134. The van der Waals surface area contributed by atoms with Crippen molar-refractivity contribution in [2.75, 3.05) is 45.8 Å². The van der Waals surface area contributed by atoms with Crippen molar-refractivity contribution in [3.05, 3.63) is 84.2 Å². The van der Waals surface area contributed by atoms with Crippen LogP contribution in [0.4, 0.5) is 10.5 Å². The predicted molar refractivity (Wildman–Crippen MR) is 193 cm³/mol. The molecule has 256 valence electrons. The highest BCUT2D eigenvalue weighted by Crippen LogP contribution is 2.31. The van der Waals surface area contributed by atoms with Gasteiger partial charge in [-0.05, 0) is 87.4 Å². The number of para-hydroxylation sites is 2. The zero-order valence-corrected chi connectivity index (χ0v) is 29.4. The van der Waals surface area contributed by atoms with Crippen molar-refractivity contribution in [2.45, 2.75) is 76.9 Å². The van der Waals surface area contributed by atoms with E-state index < -0.39 is 17.7 Å². The number of carboxylic acid groups (broad SMARTS) is 1. The van der Waals surface area contributed by atoms with Crippen molar-refractivity contribution < 1.29 is 19.4 Å². The smallest absolute Gasteiger partial charge is 0.408 e. The van der Waals surface area contributed by atoms with Crippen LogP contribution in [0.1, 0.15) is 63.8 Å². The van der Waals surface area contributed by atoms with Gasteiger partial charge in [0.05, 0.1) is 11.0 Å². The molecule has 9 nitrogen and oxygen atoms in total. The number of fused-ring (bicyclic) bond motifs is 1. The number of nitrogens with zero attached hydrogens (tertiary/aromatic N) is 5. The van der Waals surface area contributed by atoms with Gasteiger partial charge in [-0.2, -0.15) is 0 Å². The number of methoxy groups -OCH3 is 1. The molecule has 3 aromatic carbocycles. The number of carbonyl (C=O) groups is 2. The summed E-state index contributed by atoms with van der Waals surface area (Å²) in [4.78, 5) is 37.3. The van der Waals surface area contributed by atoms with E-state index in [2.05, 4.69) is 64.1 Å². The molecule has 1 aromatic heterocycles. The van der Waals surface area contributed by atoms with Gasteiger partial charge in [-0.1, -0.05) is 48.5 Å². The Kier molecular flexibility index (Phi) is 11.1. The number of imidazole rings is 1. The molecule has 2 atom stereocenters. The van der Waals surface area contributed by atoms with Crippen LogP contribution in [0.15, 0.2) is 72.8 Å². The predicted octanol–water partition coefficient (Wildman–Crippen LogP) is 7.29. The molecule has 0 bridgehead atoms. The molecule has 5 rings (SSSR count). The summed E-state index contributed by atoms with van der Waals surface area (Å²) in [6.45, 7) is 8.38. The van der Waals surface area contributed by atoms with Crippen LogP contribution in [0.5, 0.6) is 0 Å². The van der Waals surface area contributed by atoms with Gasteiger partial charge in [0.25, 0.3) is 0 Å². The van der Waals surface area contributed by atoms with Crippen molar-refractivity contribution in [2.24, 2.45) is 0 Å². The monoisotopic (exact) mass is 653 g/mol. The van der Waals surface area contributed by atoms with E-state index in [4.69, 9.17) is 9.72 Å². The number of hydrogen-bond acceptors (Lipinski definition) is 5. The number of ether oxygens (including phenoxy) is 1. The Balaban J connectivity index is 1.35. The Morgan fingerprint density at radius 3 is 2.29 bits per heavy atom. The highest BCUT2D eigenvalue weighted by Gasteiger charge is 2.37. The van der Waals surface area contributed by atoms with Crippen LogP contribution < -0.4 is 4.90 Å². The highest BCUT2D eigenvalue weighted by atomic mass is 16.5. The summed E-state index contributed by atoms with van der Waals surface area (Å²) in [5.74, 6) is 1.10. The average Bonchev–Trinajstić information content (AvgIpc) is 3.43. The molecule has 2 amide bonds. The fourth-order valence-electron chi connectivity index (χ4n) is 7.06. The van der Waals surface area contributed by atoms with Gasteiger partial charge >= 0.3 is 6.09 Å². The molecule has 1 N–H and O–H groups in total. The Labute approximate surface area is 285 Å². The Hall–Kier alpha value is -4.37. The molecule has 48 heavy (non-hydrogen) atoms. The molecule has 1 fully saturated rings. The van der Waals surface area contributed by atoms with Gasteiger partial charge in [-0.25, -0.2) is 9.78 Å². The average molecular weight is 654 g/mol. The summed E-state index contributed by atoms with van der Waals surface area (Å²) < 4.78 is 7.62. The van der Waals surface area contributed by atoms with Crippen molar-refractivity contribution in [3.63, 3.8) is 0 Å². The SMILES string of the molecule is COCCCn1c([C@@H]2CCCN(C(=O)C[C@@H](Cc3ccc(-c4ccc(N(C)C)cc4)cc3)N(C(=O)O)C(C)(C)C)C2)nc2ccccc21. The van der Waals surface area contributed by atoms with E-state index in [0.717, 1.165) is 65.0 Å². The quantitative estimate of drug-likeness (QED) is 0.162. The first-order valence-corrected chi connectivity index (χ1v) is 17.1. The van der Waals surface area contributed by atoms with Crippen molar-refractivity contribution >= 4 is 28.7 Å². The zero-order chi connectivity index (χ0) is 34.4. The van der Waals surface area contributed by atoms with Gasteiger partial charge in [-0.15, -0.1) is 0 Å². The number of aromatic nitrogens is 2. The molecular weight excluding hydrogens is 602 g/mol. The molecular formula is C39H51N5O4. The van der Waals surface area contributed by atoms with Crippen molar-refractivity contribution in [1.82, 2.24) is 19.4 Å². The van der Waals surface area contributed by atoms with Gasteiger partial charge in [0, 0.05) is 77.1 Å². The number of benzene rings is 3. The summed E-state index contributed by atoms with van der Waals surface area (Å²) in [5, 5.41) is 10.4. The second kappa shape index (κ2) is 15.2. The third kappa shape index (κ3) is 8.19. The van der Waals surface area contributed by atoms with Gasteiger partial charge < -0.3 is 24.2 Å². The van der Waals surface area contributed by atoms with Crippen LogP contribution in [0.3, 0.4) is 0 Å². The number of piperidine rings is 1. The summed E-state index contributed by atoms with van der Waals surface area (Å²) in [7, 11) is 5.76. The summed E-state index contributed by atoms with van der Waals surface area (Å²) in [6, 6.07) is 24.4. The molecule has 0 radical (unpaired) electrons. The van der Waals surface area contributed by atoms with E-state index in [1.807, 2.05) is 58.0 Å². The Morgan fingerprint density at radius 2 is 1.67 bits per heavy atom. The molecule has 1 saturated heterocycles. The van der Waals surface area contributed by atoms with Crippen LogP contribution in [0.25, 0.3) is 22.2 Å². The summed E-state index contributed by atoms with van der Waals surface area (Å²) >= 11 is 0. The zero-order valence-electron chi connectivity index (χ0n) is 29.4. The second-order valence-electron chi connectivity index (χ2n) is 14.2. The molecule has 0 unspecified atom stereocenters. The number of rotatable bonds is 12. The normalized spacial score (nSPS) is 15.8. The molecule has 1 aliphatic heterocycles. The van der Waals surface area contributed by atoms with E-state index >= 15 is 0 Å². The van der Waals surface area contributed by atoms with Gasteiger partial charge in [-0.3, -0.25) is 9.69 Å². The van der Waals surface area contributed by atoms with Crippen LogP contribution in [0.2, 0.25) is 0 Å². The molecule has 1 aliphatic rings. The van der Waals surface area contributed by atoms with Crippen LogP contribution in [-0.2, 0) is 22.5 Å². The van der Waals surface area contributed by atoms with Gasteiger partial charge in [0.1, 0.15) is 5.82 Å². The van der Waals surface area contributed by atoms with Crippen LogP contribution in [-0.4, -0.2) is 88.9 Å². The van der Waals surface area contributed by atoms with Crippen LogP contribution in [0, 0.1) is 0 Å². The van der Waals surface area contributed by atoms with E-state index in [1.54, 1.807) is 7.11 Å². The maximum absolute atomic E-state index is 14.1. The third-order valence-corrected chi connectivity index (χ3v) is 9.40. The minimum atomic E-state index is -1.01. The van der Waals surface area contributed by atoms with Crippen LogP contribution >= 0.6 is 0 Å². The fourth-order valence-corrected chi connectivity index (χ4v) is 7.06. The second-order valence-corrected chi connectivity index (χ2v) is 14.2. The summed E-state index contributed by atoms with van der Waals surface area (Å²) in [5.41, 5.74) is 5.74. The first-order chi connectivity index (χ1) is 23.0. The number of aryl methyl sites for hydroxylation is 1. The lowest BCUT2D eigenvalue weighted by Crippen LogP contribution is -2.54. The molecule has 4 aromatic rings. The molecule has 0 spiro atoms. The van der Waals surface area contributed by atoms with E-state index in [0.29, 0.717) is 26.1 Å². The first kappa shape index (κ1) is 35.0. The molecule has 2 heterocycles. The van der Waals surface area contributed by atoms with Crippen molar-refractivity contribution in [3.8, 4) is 11.1 Å². The highest BCUT2D eigenvalue weighted by molar-refractivity contribution is 5.79. The summed E-state index contributed by atoms with van der Waals surface area (Å²) in [6.07, 6.45) is 2.26. The number of likely N-dealkylation sites (tertiary alicyclic amines) is 1. The Bertz CT molecular complexity index is 1670. The maximum Gasteiger partial charge on any atom is 0.408 e. The molecule has 9 heteroatoms. The Morgan fingerprint density at radius 1 is 1.00 bits per heavy atom. The number of anilines is 1. The van der Waals surface area contributed by atoms with Crippen molar-refractivity contribution in [1.29, 1.82) is 0 Å². The fraction of sp³-hybridized carbons (Fsp3) is 0.462. The lowest BCUT2D eigenvalue weighted by Gasteiger charge is -2.41. The number of carbonyl (C=O) groups excluding carboxylic acids is 1. The number of hydrogen-bond donors (Lipinski definition) is 1. The largest absolute Gasteiger partial charge is 0.465 e. The maximum atomic E-state index is 14.1. The topological polar surface area (TPSA) is 91.1 Å². The van der Waals surface area contributed by atoms with E-state index in [1.165, 1.54) is 4.90 Å². The van der Waals surface area contributed by atoms with E-state index in [9.17, 15) is 14.7 Å². The minimum absolute atomic E-state index is 0.0140. The third-order valence-electron chi connectivity index (χ3n) is 9.40. The molecule has 0 aliphatic carbocycles.